The Morgan fingerprint density at radius 2 is 1.29 bits per heavy atom. The highest BCUT2D eigenvalue weighted by molar-refractivity contribution is 7.92. The lowest BCUT2D eigenvalue weighted by Crippen LogP contribution is -2.53. The first-order valence-electron chi connectivity index (χ1n) is 9.21. The van der Waals surface area contributed by atoms with Crippen LogP contribution in [0.2, 0.25) is 0 Å². The molecule has 14 heteroatoms. The predicted octanol–water partition coefficient (Wildman–Crippen LogP) is 5.88. The maximum absolute atomic E-state index is 14.5. The summed E-state index contributed by atoms with van der Waals surface area (Å²) in [5.41, 5.74) is -7.80. The lowest BCUT2D eigenvalue weighted by atomic mass is 9.90. The van der Waals surface area contributed by atoms with Crippen LogP contribution in [0.4, 0.5) is 45.2 Å². The summed E-state index contributed by atoms with van der Waals surface area (Å²) in [5, 5.41) is 9.39. The molecule has 0 spiro atoms. The molecule has 0 aliphatic rings. The molecule has 3 aromatic carbocycles. The number of benzene rings is 3. The van der Waals surface area contributed by atoms with Gasteiger partial charge in [-0.2, -0.15) is 26.3 Å². The van der Waals surface area contributed by atoms with E-state index in [1.165, 1.54) is 0 Å². The highest BCUT2D eigenvalue weighted by Crippen LogP contribution is 2.50. The summed E-state index contributed by atoms with van der Waals surface area (Å²) in [6, 6.07) is 6.76. The Labute approximate surface area is 191 Å². The summed E-state index contributed by atoms with van der Waals surface area (Å²) in [4.78, 5) is -0.869. The minimum absolute atomic E-state index is 0.0764. The Hall–Kier alpha value is -3.26. The van der Waals surface area contributed by atoms with Gasteiger partial charge in [-0.25, -0.2) is 21.6 Å². The number of halogens is 9. The molecule has 0 heterocycles. The summed E-state index contributed by atoms with van der Waals surface area (Å²) in [5.74, 6) is -3.91. The van der Waals surface area contributed by atoms with Crippen molar-refractivity contribution in [2.75, 3.05) is 4.72 Å². The largest absolute Gasteiger partial charge is 0.430 e. The molecule has 0 aliphatic carbocycles. The van der Waals surface area contributed by atoms with Crippen LogP contribution in [0.1, 0.15) is 5.56 Å². The van der Waals surface area contributed by atoms with Crippen LogP contribution in [-0.2, 0) is 15.6 Å². The molecule has 3 rings (SSSR count). The van der Waals surface area contributed by atoms with Gasteiger partial charge in [-0.15, -0.1) is 0 Å². The lowest BCUT2D eigenvalue weighted by Gasteiger charge is -2.32. The van der Waals surface area contributed by atoms with Gasteiger partial charge in [0, 0.05) is 22.9 Å². The molecule has 3 aromatic rings. The zero-order chi connectivity index (χ0) is 26.4. The molecule has 0 bridgehead atoms. The molecule has 4 nitrogen and oxygen atoms in total. The molecule has 0 fully saturated rings. The molecule has 35 heavy (non-hydrogen) atoms. The van der Waals surface area contributed by atoms with Crippen molar-refractivity contribution in [2.24, 2.45) is 0 Å². The van der Waals surface area contributed by atoms with Crippen LogP contribution >= 0.6 is 0 Å². The first-order valence-corrected chi connectivity index (χ1v) is 10.7. The minimum Gasteiger partial charge on any atom is -0.369 e. The van der Waals surface area contributed by atoms with Gasteiger partial charge in [-0.3, -0.25) is 4.72 Å². The number of nitrogens with one attached hydrogen (secondary N) is 1. The standard InChI is InChI=1S/C21H12F9NO3S/c22-13-4-8-18(17(24)10-13)35(33,34)31-14-5-1-11(2-6-14)15-7-3-12(9-16(15)23)19(32,20(25,26)27)21(28,29)30/h1-10,31-32H. The monoisotopic (exact) mass is 529 g/mol. The van der Waals surface area contributed by atoms with E-state index in [0.717, 1.165) is 24.3 Å². The first kappa shape index (κ1) is 26.3. The summed E-state index contributed by atoms with van der Waals surface area (Å²) in [7, 11) is -4.50. The molecular formula is C21H12F9NO3S. The first-order chi connectivity index (χ1) is 16.0. The average Bonchev–Trinajstić information content (AvgIpc) is 2.71. The van der Waals surface area contributed by atoms with Crippen molar-refractivity contribution in [3.8, 4) is 11.1 Å². The fourth-order valence-corrected chi connectivity index (χ4v) is 4.20. The molecule has 0 amide bonds. The molecule has 0 radical (unpaired) electrons. The van der Waals surface area contributed by atoms with Crippen molar-refractivity contribution < 1.29 is 53.0 Å². The molecular weight excluding hydrogens is 517 g/mol. The van der Waals surface area contributed by atoms with Gasteiger partial charge < -0.3 is 5.11 Å². The highest BCUT2D eigenvalue weighted by Gasteiger charge is 2.71. The number of hydrogen-bond donors (Lipinski definition) is 2. The van der Waals surface area contributed by atoms with Crippen LogP contribution in [-0.4, -0.2) is 25.9 Å². The SMILES string of the molecule is O=S(=O)(Nc1ccc(-c2ccc(C(O)(C(F)(F)F)C(F)(F)F)cc2F)cc1)c1ccc(F)cc1F. The maximum Gasteiger partial charge on any atom is 0.430 e. The smallest absolute Gasteiger partial charge is 0.369 e. The second kappa shape index (κ2) is 8.75. The van der Waals surface area contributed by atoms with E-state index in [9.17, 15) is 53.0 Å². The molecule has 0 saturated carbocycles. The molecule has 188 valence electrons. The molecule has 0 saturated heterocycles. The summed E-state index contributed by atoms with van der Waals surface area (Å²) >= 11 is 0. The third-order valence-corrected chi connectivity index (χ3v) is 6.25. The highest BCUT2D eigenvalue weighted by atomic mass is 32.2. The van der Waals surface area contributed by atoms with Crippen LogP contribution in [0.3, 0.4) is 0 Å². The van der Waals surface area contributed by atoms with Crippen molar-refractivity contribution in [1.82, 2.24) is 0 Å². The Morgan fingerprint density at radius 3 is 1.77 bits per heavy atom. The number of aliphatic hydroxyl groups is 1. The third-order valence-electron chi connectivity index (χ3n) is 4.84. The lowest BCUT2D eigenvalue weighted by molar-refractivity contribution is -0.376. The number of sulfonamides is 1. The van der Waals surface area contributed by atoms with Gasteiger partial charge in [-0.05, 0) is 35.9 Å². The molecule has 0 atom stereocenters. The van der Waals surface area contributed by atoms with E-state index in [0.29, 0.717) is 24.3 Å². The van der Waals surface area contributed by atoms with Crippen LogP contribution in [0.25, 0.3) is 11.1 Å². The molecule has 2 N–H and O–H groups in total. The van der Waals surface area contributed by atoms with E-state index in [2.05, 4.69) is 0 Å². The molecule has 0 aromatic heterocycles. The van der Waals surface area contributed by atoms with E-state index in [1.807, 2.05) is 4.72 Å². The zero-order valence-electron chi connectivity index (χ0n) is 16.8. The summed E-state index contributed by atoms with van der Waals surface area (Å²) in [6.45, 7) is 0. The Balaban J connectivity index is 1.91. The zero-order valence-corrected chi connectivity index (χ0v) is 17.7. The van der Waals surface area contributed by atoms with Gasteiger partial charge in [0.2, 0.25) is 0 Å². The van der Waals surface area contributed by atoms with Gasteiger partial charge in [0.05, 0.1) is 0 Å². The number of anilines is 1. The average molecular weight is 529 g/mol. The van der Waals surface area contributed by atoms with Crippen molar-refractivity contribution in [3.63, 3.8) is 0 Å². The van der Waals surface area contributed by atoms with Crippen molar-refractivity contribution in [3.05, 3.63) is 83.7 Å². The van der Waals surface area contributed by atoms with Crippen molar-refractivity contribution in [2.45, 2.75) is 22.8 Å². The Kier molecular flexibility index (Phi) is 6.59. The number of alkyl halides is 6. The van der Waals surface area contributed by atoms with Crippen molar-refractivity contribution in [1.29, 1.82) is 0 Å². The maximum atomic E-state index is 14.5. The van der Waals surface area contributed by atoms with Gasteiger partial charge in [0.1, 0.15) is 22.3 Å². The van der Waals surface area contributed by atoms with Crippen LogP contribution in [0, 0.1) is 17.5 Å². The predicted molar refractivity (Wildman–Crippen MR) is 105 cm³/mol. The third kappa shape index (κ3) is 4.93. The van der Waals surface area contributed by atoms with E-state index in [4.69, 9.17) is 0 Å². The van der Waals surface area contributed by atoms with E-state index < -0.39 is 61.5 Å². The van der Waals surface area contributed by atoms with E-state index >= 15 is 0 Å². The van der Waals surface area contributed by atoms with Crippen molar-refractivity contribution >= 4 is 15.7 Å². The Bertz CT molecular complexity index is 1340. The van der Waals surface area contributed by atoms with E-state index in [-0.39, 0.29) is 23.4 Å². The molecule has 0 aliphatic heterocycles. The van der Waals surface area contributed by atoms with Gasteiger partial charge in [0.25, 0.3) is 15.6 Å². The summed E-state index contributed by atoms with van der Waals surface area (Å²) < 4.78 is 146. The normalized spacial score (nSPS) is 13.1. The fraction of sp³-hybridized carbons (Fsp3) is 0.143. The van der Waals surface area contributed by atoms with E-state index in [1.54, 1.807) is 0 Å². The fourth-order valence-electron chi connectivity index (χ4n) is 3.08. The quantitative estimate of drug-likeness (QED) is 0.406. The number of rotatable bonds is 5. The Morgan fingerprint density at radius 1 is 0.714 bits per heavy atom. The van der Waals surface area contributed by atoms with Gasteiger partial charge in [-0.1, -0.05) is 24.3 Å². The molecule has 0 unspecified atom stereocenters. The second-order valence-electron chi connectivity index (χ2n) is 7.16. The van der Waals surface area contributed by atoms with Gasteiger partial charge >= 0.3 is 12.4 Å². The van der Waals surface area contributed by atoms with Crippen LogP contribution in [0.15, 0.2) is 65.6 Å². The van der Waals surface area contributed by atoms with Crippen LogP contribution < -0.4 is 4.72 Å². The van der Waals surface area contributed by atoms with Gasteiger partial charge in [0.15, 0.2) is 0 Å². The summed E-state index contributed by atoms with van der Waals surface area (Å²) in [6.07, 6.45) is -12.4. The topological polar surface area (TPSA) is 66.4 Å². The van der Waals surface area contributed by atoms with Crippen LogP contribution in [0.5, 0.6) is 0 Å². The number of hydrogen-bond acceptors (Lipinski definition) is 3. The minimum atomic E-state index is -6.19. The second-order valence-corrected chi connectivity index (χ2v) is 8.81.